The van der Waals surface area contributed by atoms with Crippen molar-refractivity contribution in [3.63, 3.8) is 0 Å². The van der Waals surface area contributed by atoms with Gasteiger partial charge in [-0.05, 0) is 40.5 Å². The molecule has 0 saturated heterocycles. The Kier molecular flexibility index (Phi) is 6.59. The number of hydroxylamine groups is 1. The maximum atomic E-state index is 14.5. The average Bonchev–Trinajstić information content (AvgIpc) is 2.62. The highest BCUT2D eigenvalue weighted by atomic mass is 79.9. The van der Waals surface area contributed by atoms with Crippen LogP contribution in [-0.2, 0) is 9.63 Å². The lowest BCUT2D eigenvalue weighted by Gasteiger charge is -2.15. The Bertz CT molecular complexity index is 922. The number of carboxylic acid groups (broad SMARTS) is 1. The molecule has 0 aliphatic rings. The van der Waals surface area contributed by atoms with Crippen molar-refractivity contribution in [2.45, 2.75) is 6.92 Å². The summed E-state index contributed by atoms with van der Waals surface area (Å²) in [6.07, 6.45) is 2.96. The molecule has 0 saturated carbocycles. The van der Waals surface area contributed by atoms with E-state index < -0.39 is 35.8 Å². The summed E-state index contributed by atoms with van der Waals surface area (Å²) in [4.78, 5) is 31.3. The molecule has 1 aromatic carbocycles. The lowest BCUT2D eigenvalue weighted by atomic mass is 10.1. The minimum Gasteiger partial charge on any atom is -0.479 e. The summed E-state index contributed by atoms with van der Waals surface area (Å²) < 4.78 is 28.2. The summed E-state index contributed by atoms with van der Waals surface area (Å²) >= 11 is 2.82. The molecule has 0 fully saturated rings. The highest BCUT2D eigenvalue weighted by Gasteiger charge is 2.23. The summed E-state index contributed by atoms with van der Waals surface area (Å²) in [5.74, 6) is -4.69. The van der Waals surface area contributed by atoms with Crippen LogP contribution in [0.15, 0.2) is 29.4 Å². The molecule has 1 amide bonds. The Morgan fingerprint density at radius 2 is 2.07 bits per heavy atom. The van der Waals surface area contributed by atoms with Crippen LogP contribution in [0.25, 0.3) is 6.08 Å². The molecule has 142 valence electrons. The van der Waals surface area contributed by atoms with Crippen molar-refractivity contribution in [2.24, 2.45) is 0 Å². The number of aryl methyl sites for hydroxylation is 1. The van der Waals surface area contributed by atoms with Gasteiger partial charge in [-0.25, -0.2) is 24.0 Å². The zero-order valence-corrected chi connectivity index (χ0v) is 15.6. The minimum atomic E-state index is -1.33. The number of anilines is 2. The number of aliphatic carboxylic acids is 1. The summed E-state index contributed by atoms with van der Waals surface area (Å²) in [6.45, 7) is 4.62. The number of carbonyl (C=O) groups is 2. The number of aromatic nitrogens is 1. The van der Waals surface area contributed by atoms with Gasteiger partial charge in [-0.2, -0.15) is 0 Å². The Morgan fingerprint density at radius 3 is 2.70 bits per heavy atom. The lowest BCUT2D eigenvalue weighted by Crippen LogP contribution is -2.27. The van der Waals surface area contributed by atoms with E-state index >= 15 is 0 Å². The van der Waals surface area contributed by atoms with E-state index in [0.29, 0.717) is 5.56 Å². The van der Waals surface area contributed by atoms with Gasteiger partial charge in [0.05, 0.1) is 15.7 Å². The van der Waals surface area contributed by atoms with Crippen LogP contribution in [0.3, 0.4) is 0 Å². The van der Waals surface area contributed by atoms with E-state index in [2.05, 4.69) is 37.6 Å². The van der Waals surface area contributed by atoms with Crippen molar-refractivity contribution >= 4 is 45.4 Å². The largest absolute Gasteiger partial charge is 0.479 e. The summed E-state index contributed by atoms with van der Waals surface area (Å²) in [7, 11) is 0. The van der Waals surface area contributed by atoms with Gasteiger partial charge in [0, 0.05) is 11.8 Å². The molecule has 1 aromatic heterocycles. The molecule has 27 heavy (non-hydrogen) atoms. The number of nitrogens with one attached hydrogen (secondary N) is 2. The van der Waals surface area contributed by atoms with Crippen LogP contribution in [0.4, 0.5) is 20.3 Å². The first-order valence-electron chi connectivity index (χ1n) is 7.42. The zero-order valence-electron chi connectivity index (χ0n) is 14.0. The SMILES string of the molecule is C=Cc1cc(C)cnc1Nc1c(C(=O)NOCC(=O)O)cc(Br)c(F)c1F. The second-order valence-electron chi connectivity index (χ2n) is 5.30. The normalized spacial score (nSPS) is 10.4. The number of nitrogens with zero attached hydrogens (tertiary/aromatic N) is 1. The standard InChI is InChI=1S/C17H14BrF2N3O4/c1-3-9-4-8(2)6-21-16(9)22-15-10(5-11(18)13(19)14(15)20)17(26)23-27-7-12(24)25/h3-6H,1,7H2,2H3,(H,21,22)(H,23,26)(H,24,25). The molecule has 1 heterocycles. The molecule has 0 aliphatic heterocycles. The third-order valence-electron chi connectivity index (χ3n) is 3.28. The number of pyridine rings is 1. The number of benzene rings is 1. The molecular weight excluding hydrogens is 428 g/mol. The average molecular weight is 442 g/mol. The molecule has 0 bridgehead atoms. The highest BCUT2D eigenvalue weighted by Crippen LogP contribution is 2.32. The van der Waals surface area contributed by atoms with Crippen molar-refractivity contribution in [2.75, 3.05) is 11.9 Å². The fourth-order valence-electron chi connectivity index (χ4n) is 2.08. The van der Waals surface area contributed by atoms with Gasteiger partial charge >= 0.3 is 5.97 Å². The van der Waals surface area contributed by atoms with Gasteiger partial charge in [0.1, 0.15) is 5.82 Å². The molecule has 0 atom stereocenters. The molecule has 0 spiro atoms. The van der Waals surface area contributed by atoms with Crippen molar-refractivity contribution in [1.29, 1.82) is 0 Å². The highest BCUT2D eigenvalue weighted by molar-refractivity contribution is 9.10. The van der Waals surface area contributed by atoms with Crippen molar-refractivity contribution < 1.29 is 28.3 Å². The topological polar surface area (TPSA) is 101 Å². The van der Waals surface area contributed by atoms with Crippen LogP contribution in [0, 0.1) is 18.6 Å². The molecule has 0 aliphatic carbocycles. The van der Waals surface area contributed by atoms with Crippen LogP contribution in [0.2, 0.25) is 0 Å². The molecule has 0 unspecified atom stereocenters. The van der Waals surface area contributed by atoms with Crippen molar-refractivity contribution in [3.8, 4) is 0 Å². The monoisotopic (exact) mass is 441 g/mol. The Hall–Kier alpha value is -2.85. The quantitative estimate of drug-likeness (QED) is 0.448. The second kappa shape index (κ2) is 8.69. The number of amides is 1. The van der Waals surface area contributed by atoms with Gasteiger partial charge in [-0.1, -0.05) is 12.7 Å². The second-order valence-corrected chi connectivity index (χ2v) is 6.16. The van der Waals surface area contributed by atoms with E-state index in [-0.39, 0.29) is 15.9 Å². The van der Waals surface area contributed by atoms with Gasteiger partial charge < -0.3 is 10.4 Å². The van der Waals surface area contributed by atoms with Crippen LogP contribution in [0.1, 0.15) is 21.5 Å². The maximum absolute atomic E-state index is 14.5. The molecule has 7 nitrogen and oxygen atoms in total. The first kappa shape index (κ1) is 20.5. The van der Waals surface area contributed by atoms with Gasteiger partial charge in [0.15, 0.2) is 18.2 Å². The van der Waals surface area contributed by atoms with Crippen LogP contribution in [0.5, 0.6) is 0 Å². The molecule has 0 radical (unpaired) electrons. The molecular formula is C17H14BrF2N3O4. The minimum absolute atomic E-state index is 0.150. The van der Waals surface area contributed by atoms with E-state index in [9.17, 15) is 18.4 Å². The van der Waals surface area contributed by atoms with E-state index in [1.54, 1.807) is 13.0 Å². The summed E-state index contributed by atoms with van der Waals surface area (Å²) in [5, 5.41) is 11.1. The van der Waals surface area contributed by atoms with Gasteiger partial charge in [-0.15, -0.1) is 0 Å². The third kappa shape index (κ3) is 4.86. The molecule has 2 rings (SSSR count). The smallest absolute Gasteiger partial charge is 0.332 e. The Balaban J connectivity index is 2.45. The van der Waals surface area contributed by atoms with E-state index in [4.69, 9.17) is 5.11 Å². The number of halogens is 3. The Morgan fingerprint density at radius 1 is 1.37 bits per heavy atom. The summed E-state index contributed by atoms with van der Waals surface area (Å²) in [6, 6.07) is 2.74. The van der Waals surface area contributed by atoms with Gasteiger partial charge in [-0.3, -0.25) is 9.63 Å². The number of rotatable bonds is 7. The third-order valence-corrected chi connectivity index (χ3v) is 3.86. The molecule has 3 N–H and O–H groups in total. The van der Waals surface area contributed by atoms with Crippen molar-refractivity contribution in [1.82, 2.24) is 10.5 Å². The van der Waals surface area contributed by atoms with E-state index in [0.717, 1.165) is 11.6 Å². The first-order chi connectivity index (χ1) is 12.7. The number of hydrogen-bond donors (Lipinski definition) is 3. The van der Waals surface area contributed by atoms with Gasteiger partial charge in [0.2, 0.25) is 0 Å². The summed E-state index contributed by atoms with van der Waals surface area (Å²) in [5.41, 5.74) is 2.36. The fraction of sp³-hybridized carbons (Fsp3) is 0.118. The van der Waals surface area contributed by atoms with E-state index in [1.165, 1.54) is 12.3 Å². The predicted molar refractivity (Wildman–Crippen MR) is 97.5 cm³/mol. The first-order valence-corrected chi connectivity index (χ1v) is 8.21. The van der Waals surface area contributed by atoms with E-state index in [1.807, 2.05) is 5.48 Å². The molecule has 10 heteroatoms. The van der Waals surface area contributed by atoms with Crippen LogP contribution < -0.4 is 10.8 Å². The zero-order chi connectivity index (χ0) is 20.1. The number of hydrogen-bond acceptors (Lipinski definition) is 5. The number of carbonyl (C=O) groups excluding carboxylic acids is 1. The fourth-order valence-corrected chi connectivity index (χ4v) is 2.49. The predicted octanol–water partition coefficient (Wildman–Crippen LogP) is 3.56. The van der Waals surface area contributed by atoms with Crippen molar-refractivity contribution in [3.05, 3.63) is 57.7 Å². The lowest BCUT2D eigenvalue weighted by molar-refractivity contribution is -0.144. The van der Waals surface area contributed by atoms with Crippen LogP contribution >= 0.6 is 15.9 Å². The van der Waals surface area contributed by atoms with Gasteiger partial charge in [0.25, 0.3) is 5.91 Å². The van der Waals surface area contributed by atoms with Crippen LogP contribution in [-0.4, -0.2) is 28.6 Å². The number of carboxylic acids is 1. The Labute approximate surface area is 161 Å². The maximum Gasteiger partial charge on any atom is 0.332 e. The molecule has 2 aromatic rings.